The highest BCUT2D eigenvalue weighted by atomic mass is 35.5. The van der Waals surface area contributed by atoms with Crippen LogP contribution in [0.25, 0.3) is 24.3 Å². The van der Waals surface area contributed by atoms with Crippen molar-refractivity contribution < 1.29 is 28.6 Å². The first-order chi connectivity index (χ1) is 39.9. The summed E-state index contributed by atoms with van der Waals surface area (Å²) in [7, 11) is 0. The van der Waals surface area contributed by atoms with Crippen LogP contribution in [-0.4, -0.2) is 107 Å². The first kappa shape index (κ1) is 57.9. The lowest BCUT2D eigenvalue weighted by Gasteiger charge is -2.36. The smallest absolute Gasteiger partial charge is 0.409 e. The van der Waals surface area contributed by atoms with E-state index in [0.29, 0.717) is 43.5 Å². The molecule has 3 fully saturated rings. The summed E-state index contributed by atoms with van der Waals surface area (Å²) >= 11 is 6.42. The zero-order valence-corrected chi connectivity index (χ0v) is 49.4. The molecule has 3 saturated heterocycles. The molecule has 0 spiro atoms. The Hall–Kier alpha value is -7.31. The molecular weight excluding hydrogens is 1040 g/mol. The lowest BCUT2D eigenvalue weighted by molar-refractivity contribution is 0.0892. The second kappa shape index (κ2) is 26.7. The highest BCUT2D eigenvalue weighted by Crippen LogP contribution is 2.46. The summed E-state index contributed by atoms with van der Waals surface area (Å²) in [5.74, 6) is 2.16. The predicted octanol–water partition coefficient (Wildman–Crippen LogP) is 14.9. The number of carbonyl (C=O) groups excluding carboxylic acids is 3. The van der Waals surface area contributed by atoms with Crippen LogP contribution in [0.15, 0.2) is 104 Å². The number of fused-ring (bicyclic) bond motifs is 6. The van der Waals surface area contributed by atoms with Gasteiger partial charge in [-0.15, -0.1) is 0 Å². The van der Waals surface area contributed by atoms with Gasteiger partial charge >= 0.3 is 18.3 Å². The lowest BCUT2D eigenvalue weighted by atomic mass is 9.76. The highest BCUT2D eigenvalue weighted by molar-refractivity contribution is 6.31. The summed E-state index contributed by atoms with van der Waals surface area (Å²) < 4.78 is 15.5. The zero-order valence-electron chi connectivity index (χ0n) is 48.6. The van der Waals surface area contributed by atoms with Gasteiger partial charge in [0.2, 0.25) is 0 Å². The van der Waals surface area contributed by atoms with Gasteiger partial charge in [0, 0.05) is 80.6 Å². The fraction of sp³-hybridized carbons (Fsp3) is 0.420. The van der Waals surface area contributed by atoms with Gasteiger partial charge in [0.15, 0.2) is 0 Å². The maximum absolute atomic E-state index is 12.1. The molecule has 12 rings (SSSR count). The number of rotatable bonds is 6. The van der Waals surface area contributed by atoms with Gasteiger partial charge in [0.25, 0.3) is 0 Å². The molecule has 3 aliphatic heterocycles. The van der Waals surface area contributed by atoms with Gasteiger partial charge in [-0.05, 0) is 191 Å². The number of aromatic nitrogens is 3. The van der Waals surface area contributed by atoms with Crippen LogP contribution in [0.4, 0.5) is 14.4 Å². The number of aryl methyl sites for hydroxylation is 5. The van der Waals surface area contributed by atoms with Crippen LogP contribution < -0.4 is 0 Å². The molecule has 3 unspecified atom stereocenters. The molecule has 428 valence electrons. The van der Waals surface area contributed by atoms with Crippen LogP contribution in [0.5, 0.6) is 0 Å². The minimum atomic E-state index is -0.204. The molecule has 0 saturated carbocycles. The van der Waals surface area contributed by atoms with Gasteiger partial charge in [0.1, 0.15) is 0 Å². The number of halogens is 1. The van der Waals surface area contributed by atoms with Crippen molar-refractivity contribution in [1.82, 2.24) is 29.7 Å². The second-order valence-corrected chi connectivity index (χ2v) is 23.1. The van der Waals surface area contributed by atoms with Gasteiger partial charge in [-0.2, -0.15) is 0 Å². The third kappa shape index (κ3) is 13.0. The zero-order chi connectivity index (χ0) is 57.3. The van der Waals surface area contributed by atoms with Crippen LogP contribution in [0.1, 0.15) is 161 Å². The number of hydrogen-bond donors (Lipinski definition) is 0. The van der Waals surface area contributed by atoms with E-state index in [1.165, 1.54) is 55.8 Å². The van der Waals surface area contributed by atoms with Crippen molar-refractivity contribution in [3.63, 3.8) is 0 Å². The molecule has 3 aliphatic carbocycles. The highest BCUT2D eigenvalue weighted by Gasteiger charge is 2.38. The Balaban J connectivity index is 0.000000138. The summed E-state index contributed by atoms with van der Waals surface area (Å²) in [6, 6.07) is 30.5. The second-order valence-electron chi connectivity index (χ2n) is 22.7. The number of amides is 3. The van der Waals surface area contributed by atoms with Crippen molar-refractivity contribution >= 4 is 54.2 Å². The quantitative estimate of drug-likeness (QED) is 0.150. The Kier molecular flexibility index (Phi) is 18.9. The number of nitrogens with zero attached hydrogens (tertiary/aromatic N) is 6. The number of pyridine rings is 3. The Morgan fingerprint density at radius 2 is 0.866 bits per heavy atom. The van der Waals surface area contributed by atoms with Crippen molar-refractivity contribution in [1.29, 1.82) is 0 Å². The molecule has 12 nitrogen and oxygen atoms in total. The topological polar surface area (TPSA) is 127 Å². The summed E-state index contributed by atoms with van der Waals surface area (Å²) in [6.45, 7) is 17.7. The van der Waals surface area contributed by atoms with Gasteiger partial charge in [-0.3, -0.25) is 15.0 Å². The van der Waals surface area contributed by atoms with Gasteiger partial charge in [0.05, 0.1) is 36.9 Å². The standard InChI is InChI=1S/C23H25ClN2O2.C23H28N2O2.C23H26N2O2/c1-3-28-23(27)26-11-8-16(9-12-26)21-19-13-15(2)20(24)14-18(19)7-6-17-5-4-10-25-22(17)21;2*1-3-27-23(26)25-13-10-17(11-14-25)21-20-9-6-16(2)15-19(20)8-7-18-5-4-12-24-22(18)21/h4-7,10,13-14,16,21H,3,8-9,11-12H2,1-2H3;4-6,9,12,15,17,21H,3,7-8,10-11,13-14H2,1-2H3;4-9,12,15,17,21H,3,10-11,13-14H2,1-2H3. The van der Waals surface area contributed by atoms with E-state index in [-0.39, 0.29) is 30.1 Å². The van der Waals surface area contributed by atoms with E-state index >= 15 is 0 Å². The number of carbonyl (C=O) groups is 3. The summed E-state index contributed by atoms with van der Waals surface area (Å²) in [5.41, 5.74) is 18.9. The SMILES string of the molecule is CCOC(=O)N1CCC(C2c3cc(C)c(Cl)cc3C=Cc3cccnc32)CC1.CCOC(=O)N1CCC(C2c3ccc(C)cc3C=Cc3cccnc32)CC1.CCOC(=O)N1CCC(C2c3ccc(C)cc3CCc3cccnc32)CC1. The van der Waals surface area contributed by atoms with E-state index in [0.717, 1.165) is 124 Å². The van der Waals surface area contributed by atoms with Crippen LogP contribution in [0.2, 0.25) is 5.02 Å². The average molecular weight is 1120 g/mol. The largest absolute Gasteiger partial charge is 0.450 e. The Labute approximate surface area is 490 Å². The van der Waals surface area contributed by atoms with E-state index < -0.39 is 0 Å². The van der Waals surface area contributed by atoms with E-state index in [4.69, 9.17) is 40.8 Å². The van der Waals surface area contributed by atoms with Crippen molar-refractivity contribution in [2.75, 3.05) is 59.1 Å². The number of benzene rings is 3. The summed E-state index contributed by atoms with van der Waals surface area (Å²) in [6.07, 6.45) is 21.7. The van der Waals surface area contributed by atoms with Crippen molar-refractivity contribution in [2.24, 2.45) is 17.8 Å². The van der Waals surface area contributed by atoms with E-state index in [9.17, 15) is 14.4 Å². The van der Waals surface area contributed by atoms with E-state index in [1.807, 2.05) is 66.2 Å². The molecule has 13 heteroatoms. The normalized spacial score (nSPS) is 19.3. The third-order valence-electron chi connectivity index (χ3n) is 17.6. The molecule has 0 bridgehead atoms. The fourth-order valence-corrected chi connectivity index (χ4v) is 13.7. The summed E-state index contributed by atoms with van der Waals surface area (Å²) in [4.78, 5) is 56.1. The minimum absolute atomic E-state index is 0.175. The summed E-state index contributed by atoms with van der Waals surface area (Å²) in [5, 5.41) is 0.790. The number of ether oxygens (including phenoxy) is 3. The molecule has 6 aromatic rings. The molecular formula is C69H79ClN6O6. The first-order valence-electron chi connectivity index (χ1n) is 29.9. The molecule has 6 heterocycles. The molecule has 82 heavy (non-hydrogen) atoms. The van der Waals surface area contributed by atoms with Crippen LogP contribution in [0.3, 0.4) is 0 Å². The van der Waals surface area contributed by atoms with Gasteiger partial charge in [-0.1, -0.05) is 108 Å². The molecule has 3 aromatic heterocycles. The predicted molar refractivity (Wildman–Crippen MR) is 326 cm³/mol. The molecule has 3 aromatic carbocycles. The van der Waals surface area contributed by atoms with Crippen molar-refractivity contribution in [3.8, 4) is 0 Å². The van der Waals surface area contributed by atoms with Crippen LogP contribution >= 0.6 is 11.6 Å². The fourth-order valence-electron chi connectivity index (χ4n) is 13.5. The van der Waals surface area contributed by atoms with Crippen LogP contribution in [0, 0.1) is 38.5 Å². The molecule has 0 radical (unpaired) electrons. The van der Waals surface area contributed by atoms with Gasteiger partial charge in [-0.25, -0.2) is 14.4 Å². The third-order valence-corrected chi connectivity index (χ3v) is 18.0. The van der Waals surface area contributed by atoms with Crippen LogP contribution in [-0.2, 0) is 27.1 Å². The number of hydrogen-bond acceptors (Lipinski definition) is 9. The van der Waals surface area contributed by atoms with Crippen molar-refractivity contribution in [2.45, 2.75) is 111 Å². The average Bonchev–Trinajstić information content (AvgIpc) is 3.89. The Morgan fingerprint density at radius 3 is 1.37 bits per heavy atom. The van der Waals surface area contributed by atoms with Gasteiger partial charge < -0.3 is 28.9 Å². The minimum Gasteiger partial charge on any atom is -0.450 e. The monoisotopic (exact) mass is 1120 g/mol. The van der Waals surface area contributed by atoms with Crippen molar-refractivity contribution in [3.05, 3.63) is 192 Å². The first-order valence-corrected chi connectivity index (χ1v) is 30.2. The molecule has 3 amide bonds. The number of piperidine rings is 3. The molecule has 6 aliphatic rings. The maximum Gasteiger partial charge on any atom is 0.409 e. The maximum atomic E-state index is 12.1. The Morgan fingerprint density at radius 1 is 0.463 bits per heavy atom. The van der Waals surface area contributed by atoms with E-state index in [2.05, 4.69) is 118 Å². The molecule has 3 atom stereocenters. The molecule has 0 N–H and O–H groups in total. The lowest BCUT2D eigenvalue weighted by Crippen LogP contribution is -2.40. The number of likely N-dealkylation sites (tertiary alicyclic amines) is 3. The Bertz CT molecular complexity index is 3260. The van der Waals surface area contributed by atoms with E-state index in [1.54, 1.807) is 0 Å².